The van der Waals surface area contributed by atoms with Crippen LogP contribution in [0.15, 0.2) is 23.1 Å². The second kappa shape index (κ2) is 9.21. The number of hydrogen-bond donors (Lipinski definition) is 1. The van der Waals surface area contributed by atoms with Gasteiger partial charge in [0.05, 0.1) is 4.90 Å². The van der Waals surface area contributed by atoms with E-state index in [0.717, 1.165) is 17.2 Å². The van der Waals surface area contributed by atoms with Crippen molar-refractivity contribution < 1.29 is 22.0 Å². The molecule has 0 aliphatic rings. The molecule has 1 rings (SSSR count). The summed E-state index contributed by atoms with van der Waals surface area (Å²) in [6.45, 7) is 8.95. The topological polar surface area (TPSA) is 65.0 Å². The quantitative estimate of drug-likeness (QED) is 0.631. The van der Waals surface area contributed by atoms with Crippen LogP contribution in [0.25, 0.3) is 0 Å². The molecule has 0 saturated heterocycles. The predicted molar refractivity (Wildman–Crippen MR) is 97.1 cm³/mol. The van der Waals surface area contributed by atoms with Crippen LogP contribution in [0.1, 0.15) is 39.7 Å². The fourth-order valence-corrected chi connectivity index (χ4v) is 6.65. The van der Waals surface area contributed by atoms with Gasteiger partial charge in [-0.1, -0.05) is 25.5 Å². The molecule has 0 heterocycles. The highest BCUT2D eigenvalue weighted by Crippen LogP contribution is 2.21. The van der Waals surface area contributed by atoms with Crippen molar-refractivity contribution in [1.82, 2.24) is 0 Å². The first kappa shape index (κ1) is 20.7. The van der Waals surface area contributed by atoms with Crippen LogP contribution in [0.2, 0.25) is 0 Å². The van der Waals surface area contributed by atoms with Crippen LogP contribution in [-0.2, 0) is 39.7 Å². The number of hydrogen-bond acceptors (Lipinski definition) is 5. The molecular formula is C15H26O5S2Si. The monoisotopic (exact) mass is 378 g/mol. The molecule has 0 bridgehead atoms. The molecular weight excluding hydrogens is 352 g/mol. The molecule has 5 nitrogen and oxygen atoms in total. The third-order valence-electron chi connectivity index (χ3n) is 3.24. The van der Waals surface area contributed by atoms with Crippen LogP contribution >= 0.6 is 0 Å². The van der Waals surface area contributed by atoms with Crippen molar-refractivity contribution in [3.05, 3.63) is 23.8 Å². The van der Waals surface area contributed by atoms with E-state index in [1.165, 1.54) is 0 Å². The standard InChI is InChI=1S/C15H26O5S2Si/c1-5-10-13-14(22(16,17)21)11-9-12-15(13)23(18-6-2,19-7-3)20-8-4/h9,11-12H,5-8,10H2,1-4H3,(H,16,17,21). The molecule has 0 radical (unpaired) electrons. The van der Waals surface area contributed by atoms with Crippen molar-refractivity contribution >= 4 is 34.0 Å². The van der Waals surface area contributed by atoms with Gasteiger partial charge in [-0.25, -0.2) is 4.21 Å². The predicted octanol–water partition coefficient (Wildman–Crippen LogP) is 2.47. The Morgan fingerprint density at radius 2 is 1.61 bits per heavy atom. The molecule has 1 atom stereocenters. The minimum absolute atomic E-state index is 0.267. The summed E-state index contributed by atoms with van der Waals surface area (Å²) < 4.78 is 39.8. The third-order valence-corrected chi connectivity index (χ3v) is 7.86. The van der Waals surface area contributed by atoms with Gasteiger partial charge in [0.2, 0.25) is 0 Å². The molecule has 0 aliphatic carbocycles. The Bertz CT molecular complexity index is 587. The van der Waals surface area contributed by atoms with Gasteiger partial charge < -0.3 is 17.8 Å². The van der Waals surface area contributed by atoms with Gasteiger partial charge in [0.25, 0.3) is 0 Å². The molecule has 0 aromatic heterocycles. The van der Waals surface area contributed by atoms with E-state index in [2.05, 4.69) is 0 Å². The van der Waals surface area contributed by atoms with Crippen LogP contribution in [0.4, 0.5) is 0 Å². The van der Waals surface area contributed by atoms with E-state index in [9.17, 15) is 8.76 Å². The molecule has 0 fully saturated rings. The van der Waals surface area contributed by atoms with Crippen LogP contribution in [0.5, 0.6) is 0 Å². The van der Waals surface area contributed by atoms with Crippen LogP contribution in [0, 0.1) is 0 Å². The molecule has 8 heteroatoms. The zero-order valence-corrected chi connectivity index (χ0v) is 16.8. The Hall–Kier alpha value is -0.353. The lowest BCUT2D eigenvalue weighted by atomic mass is 10.1. The van der Waals surface area contributed by atoms with Crippen LogP contribution < -0.4 is 5.19 Å². The highest BCUT2D eigenvalue weighted by Gasteiger charge is 2.45. The van der Waals surface area contributed by atoms with E-state index in [1.807, 2.05) is 33.8 Å². The zero-order chi connectivity index (χ0) is 17.5. The summed E-state index contributed by atoms with van der Waals surface area (Å²) in [4.78, 5) is 0.267. The Morgan fingerprint density at radius 1 is 1.09 bits per heavy atom. The van der Waals surface area contributed by atoms with Crippen molar-refractivity contribution in [2.24, 2.45) is 0 Å². The highest BCUT2D eigenvalue weighted by atomic mass is 32.8. The number of benzene rings is 1. The van der Waals surface area contributed by atoms with Crippen molar-refractivity contribution in [3.8, 4) is 0 Å². The van der Waals surface area contributed by atoms with E-state index in [4.69, 9.17) is 24.5 Å². The molecule has 0 spiro atoms. The molecule has 1 aromatic carbocycles. The zero-order valence-electron chi connectivity index (χ0n) is 14.2. The Morgan fingerprint density at radius 3 is 2.00 bits per heavy atom. The molecule has 0 saturated carbocycles. The highest BCUT2D eigenvalue weighted by molar-refractivity contribution is 8.29. The normalized spacial score (nSPS) is 14.7. The van der Waals surface area contributed by atoms with Gasteiger partial charge in [-0.2, -0.15) is 0 Å². The minimum atomic E-state index is -3.49. The fourth-order valence-electron chi connectivity index (χ4n) is 2.53. The van der Waals surface area contributed by atoms with Crippen molar-refractivity contribution in [2.75, 3.05) is 19.8 Å². The second-order valence-electron chi connectivity index (χ2n) is 4.86. The van der Waals surface area contributed by atoms with Gasteiger partial charge >= 0.3 is 8.80 Å². The van der Waals surface area contributed by atoms with Gasteiger partial charge in [0.1, 0.15) is 0 Å². The first-order chi connectivity index (χ1) is 10.9. The van der Waals surface area contributed by atoms with Gasteiger partial charge in [-0.15, -0.1) is 0 Å². The fraction of sp³-hybridized carbons (Fsp3) is 0.600. The lowest BCUT2D eigenvalue weighted by Crippen LogP contribution is -2.58. The largest absolute Gasteiger partial charge is 0.537 e. The van der Waals surface area contributed by atoms with E-state index >= 15 is 0 Å². The van der Waals surface area contributed by atoms with Crippen molar-refractivity contribution in [2.45, 2.75) is 45.4 Å². The molecule has 23 heavy (non-hydrogen) atoms. The summed E-state index contributed by atoms with van der Waals surface area (Å²) in [5, 5.41) is 0.744. The van der Waals surface area contributed by atoms with E-state index < -0.39 is 17.6 Å². The first-order valence-corrected chi connectivity index (χ1v) is 12.0. The minimum Gasteiger partial charge on any atom is -0.370 e. The number of rotatable bonds is 10. The summed E-state index contributed by atoms with van der Waals surface area (Å²) >= 11 is 4.81. The van der Waals surface area contributed by atoms with Crippen molar-refractivity contribution in [3.63, 3.8) is 0 Å². The maximum atomic E-state index is 12.1. The molecule has 132 valence electrons. The van der Waals surface area contributed by atoms with E-state index in [0.29, 0.717) is 26.2 Å². The molecule has 0 amide bonds. The molecule has 0 aliphatic heterocycles. The Balaban J connectivity index is 3.63. The van der Waals surface area contributed by atoms with Crippen molar-refractivity contribution in [1.29, 1.82) is 0 Å². The van der Waals surface area contributed by atoms with E-state index in [1.54, 1.807) is 12.1 Å². The smallest absolute Gasteiger partial charge is 0.370 e. The summed E-state index contributed by atoms with van der Waals surface area (Å²) in [6, 6.07) is 5.18. The van der Waals surface area contributed by atoms with Gasteiger partial charge in [-0.05, 0) is 38.8 Å². The first-order valence-electron chi connectivity index (χ1n) is 7.87. The molecule has 1 aromatic rings. The SMILES string of the molecule is CCCc1c([Si](OCC)(OCC)OCC)cccc1S(=O)(O)=S. The second-order valence-corrected chi connectivity index (χ2v) is 10.1. The third kappa shape index (κ3) is 5.06. The van der Waals surface area contributed by atoms with Crippen LogP contribution in [0.3, 0.4) is 0 Å². The maximum absolute atomic E-state index is 12.1. The maximum Gasteiger partial charge on any atom is 0.537 e. The van der Waals surface area contributed by atoms with E-state index in [-0.39, 0.29) is 4.90 Å². The van der Waals surface area contributed by atoms with Crippen LogP contribution in [-0.4, -0.2) is 37.4 Å². The molecule has 1 N–H and O–H groups in total. The summed E-state index contributed by atoms with van der Waals surface area (Å²) in [7, 11) is -6.64. The Kier molecular flexibility index (Phi) is 8.29. The lowest BCUT2D eigenvalue weighted by molar-refractivity contribution is 0.0857. The summed E-state index contributed by atoms with van der Waals surface area (Å²) in [5.41, 5.74) is 0.722. The lowest BCUT2D eigenvalue weighted by Gasteiger charge is -2.31. The average Bonchev–Trinajstić information content (AvgIpc) is 2.47. The average molecular weight is 379 g/mol. The molecule has 1 unspecified atom stereocenters. The van der Waals surface area contributed by atoms with Gasteiger partial charge in [0, 0.05) is 36.2 Å². The summed E-state index contributed by atoms with van der Waals surface area (Å²) in [5.74, 6) is 0. The Labute approximate surface area is 145 Å². The summed E-state index contributed by atoms with van der Waals surface area (Å²) in [6.07, 6.45) is 1.42. The van der Waals surface area contributed by atoms with Gasteiger partial charge in [-0.3, -0.25) is 0 Å². The van der Waals surface area contributed by atoms with Gasteiger partial charge in [0.15, 0.2) is 8.77 Å².